The summed E-state index contributed by atoms with van der Waals surface area (Å²) >= 11 is 7.73. The molecular formula is C33H42ClN4O5S+. The number of aromatic nitrogens is 1. The van der Waals surface area contributed by atoms with Crippen molar-refractivity contribution in [2.24, 2.45) is 23.5 Å². The molecule has 1 aliphatic carbocycles. The fraction of sp³-hybridized carbons (Fsp3) is 0.515. The van der Waals surface area contributed by atoms with Gasteiger partial charge in [-0.3, -0.25) is 14.4 Å². The molecule has 11 heteroatoms. The average molecular weight is 642 g/mol. The predicted molar refractivity (Wildman–Crippen MR) is 171 cm³/mol. The molecule has 4 N–H and O–H groups in total. The second-order valence-electron chi connectivity index (χ2n) is 12.1. The van der Waals surface area contributed by atoms with Crippen LogP contribution in [-0.2, 0) is 19.1 Å². The maximum Gasteiger partial charge on any atom is 0.430 e. The number of ether oxygens (including phenoxy) is 2. The van der Waals surface area contributed by atoms with Gasteiger partial charge in [-0.1, -0.05) is 68.8 Å². The highest BCUT2D eigenvalue weighted by Crippen LogP contribution is 2.46. The van der Waals surface area contributed by atoms with Gasteiger partial charge >= 0.3 is 11.2 Å². The molecule has 2 unspecified atom stereocenters. The number of para-hydroxylation sites is 1. The maximum atomic E-state index is 14.0. The van der Waals surface area contributed by atoms with Crippen LogP contribution >= 0.6 is 22.9 Å². The number of carbonyl (C=O) groups excluding carboxylic acids is 3. The number of amides is 2. The van der Waals surface area contributed by atoms with E-state index in [-0.39, 0.29) is 30.4 Å². The summed E-state index contributed by atoms with van der Waals surface area (Å²) in [5, 5.41) is 4.59. The summed E-state index contributed by atoms with van der Waals surface area (Å²) in [6, 6.07) is 13.9. The lowest BCUT2D eigenvalue weighted by Crippen LogP contribution is -2.49. The number of methoxy groups -OCH3 is 1. The molecule has 2 aliphatic rings. The Hall–Kier alpha value is -3.37. The van der Waals surface area contributed by atoms with E-state index in [0.29, 0.717) is 34.9 Å². The van der Waals surface area contributed by atoms with Crippen LogP contribution in [-0.4, -0.2) is 54.5 Å². The van der Waals surface area contributed by atoms with Crippen molar-refractivity contribution in [3.63, 3.8) is 0 Å². The van der Waals surface area contributed by atoms with E-state index < -0.39 is 18.0 Å². The molecule has 2 fully saturated rings. The molecule has 1 saturated heterocycles. The normalized spacial score (nSPS) is 22.4. The number of halogens is 1. The van der Waals surface area contributed by atoms with Crippen LogP contribution in [0.4, 0.5) is 5.69 Å². The van der Waals surface area contributed by atoms with Gasteiger partial charge in [-0.2, -0.15) is 4.98 Å². The minimum Gasteiger partial charge on any atom is -0.469 e. The van der Waals surface area contributed by atoms with Gasteiger partial charge in [0.1, 0.15) is 22.9 Å². The minimum absolute atomic E-state index is 0.0715. The Morgan fingerprint density at radius 3 is 2.59 bits per heavy atom. The number of nitrogens with two attached hydrogens (primary N) is 1. The number of aromatic amines is 1. The molecule has 1 aromatic heterocycles. The lowest BCUT2D eigenvalue weighted by atomic mass is 9.96. The van der Waals surface area contributed by atoms with Crippen LogP contribution in [0.3, 0.4) is 0 Å². The van der Waals surface area contributed by atoms with Crippen molar-refractivity contribution in [3.05, 3.63) is 53.6 Å². The monoisotopic (exact) mass is 641 g/mol. The Morgan fingerprint density at radius 1 is 1.09 bits per heavy atom. The molecule has 2 amide bonds. The number of fused-ring (bicyclic) bond motifs is 1. The molecule has 2 heterocycles. The molecule has 2 aromatic carbocycles. The first-order valence-electron chi connectivity index (χ1n) is 15.5. The van der Waals surface area contributed by atoms with Crippen molar-refractivity contribution in [1.29, 1.82) is 0 Å². The first-order valence-corrected chi connectivity index (χ1v) is 16.7. The van der Waals surface area contributed by atoms with Crippen LogP contribution in [0, 0.1) is 17.8 Å². The number of rotatable bonds is 15. The lowest BCUT2D eigenvalue weighted by Gasteiger charge is -2.28. The largest absolute Gasteiger partial charge is 0.469 e. The van der Waals surface area contributed by atoms with Crippen LogP contribution in [0.5, 0.6) is 5.19 Å². The number of nitrogens with one attached hydrogen (secondary N) is 2. The molecule has 9 nitrogen and oxygen atoms in total. The van der Waals surface area contributed by atoms with E-state index >= 15 is 0 Å². The number of hydrogen-bond acceptors (Lipinski definition) is 7. The van der Waals surface area contributed by atoms with Crippen LogP contribution < -0.4 is 20.8 Å². The van der Waals surface area contributed by atoms with E-state index in [4.69, 9.17) is 26.8 Å². The quantitative estimate of drug-likeness (QED) is 0.168. The molecule has 0 radical (unpaired) electrons. The number of carbonyl (C=O) groups is 3. The van der Waals surface area contributed by atoms with Crippen LogP contribution in [0.15, 0.2) is 48.5 Å². The van der Waals surface area contributed by atoms with Crippen molar-refractivity contribution < 1.29 is 28.8 Å². The zero-order valence-electron chi connectivity index (χ0n) is 25.3. The maximum absolute atomic E-state index is 14.0. The number of primary amides is 1. The standard InChI is InChI=1S/C33H41ClN4O5S/c1-20(24-18-25(24)32(41)42-2)10-5-3-4-6-14-27(36-22-12-9-11-21(34)16-22)31(40)38-19-23(17-28(38)30(35)39)43-33-37-26-13-7-8-15-29(26)44-33/h7-9,11-13,15-16,20,23-25,27-28,36H,3-6,10,14,17-19H2,1-2H3,(H2,35,39)/p+1/t20?,23?,24-,25-,27-,28-/m0/s1. The van der Waals surface area contributed by atoms with E-state index in [1.807, 2.05) is 36.4 Å². The van der Waals surface area contributed by atoms with Gasteiger partial charge in [-0.15, -0.1) is 0 Å². The number of H-pyrrole nitrogens is 1. The van der Waals surface area contributed by atoms with E-state index in [2.05, 4.69) is 17.2 Å². The molecular weight excluding hydrogens is 600 g/mol. The zero-order valence-corrected chi connectivity index (χ0v) is 26.9. The Bertz CT molecular complexity index is 1430. The predicted octanol–water partition coefficient (Wildman–Crippen LogP) is 5.47. The van der Waals surface area contributed by atoms with Gasteiger partial charge in [0.05, 0.1) is 19.6 Å². The van der Waals surface area contributed by atoms with Gasteiger partial charge in [0.2, 0.25) is 17.3 Å². The lowest BCUT2D eigenvalue weighted by molar-refractivity contribution is -0.358. The molecule has 0 bridgehead atoms. The number of hydrogen-bond donors (Lipinski definition) is 2. The average Bonchev–Trinajstić information content (AvgIpc) is 3.53. The molecule has 6 atom stereocenters. The Labute approximate surface area is 267 Å². The summed E-state index contributed by atoms with van der Waals surface area (Å²) in [5.41, 5.74) is 7.52. The number of unbranched alkanes of at least 4 members (excludes halogenated alkanes) is 3. The topological polar surface area (TPSA) is 125 Å². The van der Waals surface area contributed by atoms with Crippen LogP contribution in [0.25, 0.3) is 10.2 Å². The van der Waals surface area contributed by atoms with Gasteiger partial charge in [0.15, 0.2) is 0 Å². The molecule has 1 saturated carbocycles. The fourth-order valence-electron chi connectivity index (χ4n) is 6.38. The Balaban J connectivity index is 1.18. The van der Waals surface area contributed by atoms with Crippen molar-refractivity contribution in [1.82, 2.24) is 4.90 Å². The second kappa shape index (κ2) is 14.6. The highest BCUT2D eigenvalue weighted by atomic mass is 35.5. The molecule has 5 rings (SSSR count). The Kier molecular flexibility index (Phi) is 10.6. The molecule has 44 heavy (non-hydrogen) atoms. The third-order valence-electron chi connectivity index (χ3n) is 8.91. The smallest absolute Gasteiger partial charge is 0.430 e. The van der Waals surface area contributed by atoms with E-state index in [1.54, 1.807) is 17.0 Å². The zero-order chi connectivity index (χ0) is 31.2. The number of anilines is 1. The SMILES string of the molecule is COC(=O)[C@H]1C[C@H]1C(C)CCCCCC[C@H](Nc1cccc(Cl)c1)C(=O)N1CC(Oc2[nH+]c3ccccc3s2)C[C@H]1C(N)=O. The summed E-state index contributed by atoms with van der Waals surface area (Å²) in [5.74, 6) is 0.218. The van der Waals surface area contributed by atoms with Crippen molar-refractivity contribution in [2.45, 2.75) is 76.5 Å². The molecule has 236 valence electrons. The van der Waals surface area contributed by atoms with Gasteiger partial charge in [-0.25, -0.2) is 0 Å². The number of benzene rings is 2. The van der Waals surface area contributed by atoms with Gasteiger partial charge in [0, 0.05) is 23.2 Å². The van der Waals surface area contributed by atoms with Crippen LogP contribution in [0.1, 0.15) is 58.3 Å². The minimum atomic E-state index is -0.747. The number of thiazole rings is 1. The number of esters is 1. The van der Waals surface area contributed by atoms with Gasteiger partial charge in [0.25, 0.3) is 0 Å². The Morgan fingerprint density at radius 2 is 1.86 bits per heavy atom. The first-order chi connectivity index (χ1) is 21.2. The summed E-state index contributed by atoms with van der Waals surface area (Å²) in [6.45, 7) is 2.49. The summed E-state index contributed by atoms with van der Waals surface area (Å²) in [4.78, 5) is 43.1. The van der Waals surface area contributed by atoms with Crippen LogP contribution in [0.2, 0.25) is 5.02 Å². The van der Waals surface area contributed by atoms with Gasteiger partial charge in [-0.05, 0) is 60.3 Å². The highest BCUT2D eigenvalue weighted by molar-refractivity contribution is 7.19. The molecule has 3 aromatic rings. The highest BCUT2D eigenvalue weighted by Gasteiger charge is 2.46. The van der Waals surface area contributed by atoms with Crippen molar-refractivity contribution >= 4 is 56.6 Å². The first kappa shape index (κ1) is 32.0. The summed E-state index contributed by atoms with van der Waals surface area (Å²) < 4.78 is 12.2. The third-order valence-corrected chi connectivity index (χ3v) is 10.1. The van der Waals surface area contributed by atoms with Crippen molar-refractivity contribution in [2.75, 3.05) is 19.0 Å². The van der Waals surface area contributed by atoms with E-state index in [0.717, 1.165) is 54.4 Å². The molecule has 1 aliphatic heterocycles. The molecule has 0 spiro atoms. The van der Waals surface area contributed by atoms with E-state index in [1.165, 1.54) is 18.4 Å². The second-order valence-corrected chi connectivity index (χ2v) is 13.6. The third kappa shape index (κ3) is 8.01. The van der Waals surface area contributed by atoms with Gasteiger partial charge < -0.3 is 25.4 Å². The number of nitrogens with zero attached hydrogens (tertiary/aromatic N) is 1. The fourth-order valence-corrected chi connectivity index (χ4v) is 7.49. The summed E-state index contributed by atoms with van der Waals surface area (Å²) in [7, 11) is 1.46. The summed E-state index contributed by atoms with van der Waals surface area (Å²) in [6.07, 6.45) is 6.54. The van der Waals surface area contributed by atoms with Crippen molar-refractivity contribution in [3.8, 4) is 5.19 Å². The van der Waals surface area contributed by atoms with E-state index in [9.17, 15) is 14.4 Å². The number of likely N-dealkylation sites (tertiary alicyclic amines) is 1.